The third-order valence-electron chi connectivity index (χ3n) is 3.00. The van der Waals surface area contributed by atoms with Gasteiger partial charge in [0, 0.05) is 31.4 Å². The third-order valence-corrected chi connectivity index (χ3v) is 3.00. The standard InChI is InChI=1S/C14H19N5O/c1-5-11-7-10(8-12(15-3)16-11)14(20)17-13-6-9(2)18-19(13)4/h6-8H,5H2,1-4H3,(H,15,16)(H,17,20). The normalized spacial score (nSPS) is 10.4. The van der Waals surface area contributed by atoms with Gasteiger partial charge in [-0.05, 0) is 25.5 Å². The molecular formula is C14H19N5O. The van der Waals surface area contributed by atoms with Gasteiger partial charge in [-0.15, -0.1) is 0 Å². The van der Waals surface area contributed by atoms with E-state index in [9.17, 15) is 4.79 Å². The first-order chi connectivity index (χ1) is 9.53. The smallest absolute Gasteiger partial charge is 0.257 e. The Labute approximate surface area is 118 Å². The molecule has 0 radical (unpaired) electrons. The Bertz CT molecular complexity index is 610. The molecule has 2 N–H and O–H groups in total. The first kappa shape index (κ1) is 14.0. The van der Waals surface area contributed by atoms with Crippen LogP contribution in [0.15, 0.2) is 18.2 Å². The molecule has 0 aliphatic heterocycles. The van der Waals surface area contributed by atoms with Gasteiger partial charge in [-0.1, -0.05) is 6.92 Å². The van der Waals surface area contributed by atoms with Gasteiger partial charge in [0.25, 0.3) is 5.91 Å². The minimum absolute atomic E-state index is 0.165. The molecule has 6 nitrogen and oxygen atoms in total. The molecule has 0 unspecified atom stereocenters. The summed E-state index contributed by atoms with van der Waals surface area (Å²) < 4.78 is 1.65. The fourth-order valence-corrected chi connectivity index (χ4v) is 1.94. The summed E-state index contributed by atoms with van der Waals surface area (Å²) in [5, 5.41) is 10.0. The number of aromatic nitrogens is 3. The maximum absolute atomic E-state index is 12.3. The molecule has 20 heavy (non-hydrogen) atoms. The van der Waals surface area contributed by atoms with Crippen molar-refractivity contribution < 1.29 is 4.79 Å². The highest BCUT2D eigenvalue weighted by molar-refractivity contribution is 6.04. The minimum Gasteiger partial charge on any atom is -0.373 e. The average molecular weight is 273 g/mol. The number of anilines is 2. The molecule has 0 spiro atoms. The predicted molar refractivity (Wildman–Crippen MR) is 79.1 cm³/mol. The number of pyridine rings is 1. The third kappa shape index (κ3) is 2.96. The number of nitrogens with zero attached hydrogens (tertiary/aromatic N) is 3. The van der Waals surface area contributed by atoms with E-state index in [0.717, 1.165) is 17.8 Å². The van der Waals surface area contributed by atoms with E-state index in [1.54, 1.807) is 30.9 Å². The van der Waals surface area contributed by atoms with Crippen molar-refractivity contribution in [2.45, 2.75) is 20.3 Å². The second kappa shape index (κ2) is 5.73. The molecule has 106 valence electrons. The number of rotatable bonds is 4. The van der Waals surface area contributed by atoms with Crippen molar-refractivity contribution in [3.8, 4) is 0 Å². The van der Waals surface area contributed by atoms with E-state index in [0.29, 0.717) is 17.2 Å². The molecule has 1 amide bonds. The zero-order valence-electron chi connectivity index (χ0n) is 12.2. The van der Waals surface area contributed by atoms with E-state index in [1.165, 1.54) is 0 Å². The maximum atomic E-state index is 12.3. The summed E-state index contributed by atoms with van der Waals surface area (Å²) in [5.41, 5.74) is 2.32. The second-order valence-electron chi connectivity index (χ2n) is 4.58. The van der Waals surface area contributed by atoms with Crippen molar-refractivity contribution in [2.75, 3.05) is 17.7 Å². The van der Waals surface area contributed by atoms with E-state index in [2.05, 4.69) is 20.7 Å². The summed E-state index contributed by atoms with van der Waals surface area (Å²) in [6.45, 7) is 3.89. The van der Waals surface area contributed by atoms with Crippen LogP contribution in [0.25, 0.3) is 0 Å². The van der Waals surface area contributed by atoms with Gasteiger partial charge in [0.2, 0.25) is 0 Å². The van der Waals surface area contributed by atoms with E-state index in [1.807, 2.05) is 19.9 Å². The number of carbonyl (C=O) groups is 1. The van der Waals surface area contributed by atoms with E-state index < -0.39 is 0 Å². The number of aryl methyl sites for hydroxylation is 3. The van der Waals surface area contributed by atoms with Crippen molar-refractivity contribution in [3.63, 3.8) is 0 Å². The van der Waals surface area contributed by atoms with Crippen LogP contribution in [0, 0.1) is 6.92 Å². The van der Waals surface area contributed by atoms with Crippen LogP contribution in [0.3, 0.4) is 0 Å². The number of amides is 1. The summed E-state index contributed by atoms with van der Waals surface area (Å²) in [5.74, 6) is 1.20. The minimum atomic E-state index is -0.165. The van der Waals surface area contributed by atoms with Crippen LogP contribution in [0.5, 0.6) is 0 Å². The van der Waals surface area contributed by atoms with E-state index in [-0.39, 0.29) is 5.91 Å². The zero-order valence-corrected chi connectivity index (χ0v) is 12.2. The molecule has 0 fully saturated rings. The molecule has 6 heteroatoms. The van der Waals surface area contributed by atoms with Gasteiger partial charge in [0.1, 0.15) is 11.6 Å². The highest BCUT2D eigenvalue weighted by atomic mass is 16.1. The van der Waals surface area contributed by atoms with Gasteiger partial charge < -0.3 is 10.6 Å². The SMILES string of the molecule is CCc1cc(C(=O)Nc2cc(C)nn2C)cc(NC)n1. The topological polar surface area (TPSA) is 71.8 Å². The van der Waals surface area contributed by atoms with Gasteiger partial charge in [0.15, 0.2) is 0 Å². The fraction of sp³-hybridized carbons (Fsp3) is 0.357. The Morgan fingerprint density at radius 3 is 2.65 bits per heavy atom. The molecule has 0 aliphatic rings. The molecule has 2 heterocycles. The fourth-order valence-electron chi connectivity index (χ4n) is 1.94. The Hall–Kier alpha value is -2.37. The Balaban J connectivity index is 2.26. The van der Waals surface area contributed by atoms with Crippen LogP contribution in [-0.4, -0.2) is 27.7 Å². The summed E-state index contributed by atoms with van der Waals surface area (Å²) in [6, 6.07) is 5.37. The quantitative estimate of drug-likeness (QED) is 0.893. The monoisotopic (exact) mass is 273 g/mol. The lowest BCUT2D eigenvalue weighted by Crippen LogP contribution is -2.15. The van der Waals surface area contributed by atoms with Crippen molar-refractivity contribution in [1.82, 2.24) is 14.8 Å². The van der Waals surface area contributed by atoms with Crippen LogP contribution in [-0.2, 0) is 13.5 Å². The number of nitrogens with one attached hydrogen (secondary N) is 2. The number of hydrogen-bond acceptors (Lipinski definition) is 4. The van der Waals surface area contributed by atoms with Gasteiger partial charge >= 0.3 is 0 Å². The lowest BCUT2D eigenvalue weighted by atomic mass is 10.2. The predicted octanol–water partition coefficient (Wildman–Crippen LogP) is 1.98. The van der Waals surface area contributed by atoms with Gasteiger partial charge in [-0.25, -0.2) is 4.98 Å². The maximum Gasteiger partial charge on any atom is 0.257 e. The molecule has 0 atom stereocenters. The average Bonchev–Trinajstić information content (AvgIpc) is 2.76. The van der Waals surface area contributed by atoms with Gasteiger partial charge in [-0.2, -0.15) is 5.10 Å². The van der Waals surface area contributed by atoms with Crippen LogP contribution >= 0.6 is 0 Å². The summed E-state index contributed by atoms with van der Waals surface area (Å²) in [7, 11) is 3.58. The summed E-state index contributed by atoms with van der Waals surface area (Å²) in [6.07, 6.45) is 0.778. The first-order valence-electron chi connectivity index (χ1n) is 6.54. The number of carbonyl (C=O) groups excluding carboxylic acids is 1. The van der Waals surface area contributed by atoms with Crippen molar-refractivity contribution >= 4 is 17.5 Å². The van der Waals surface area contributed by atoms with E-state index in [4.69, 9.17) is 0 Å². The number of hydrogen-bond donors (Lipinski definition) is 2. The highest BCUT2D eigenvalue weighted by Gasteiger charge is 2.11. The molecule has 0 aromatic carbocycles. The molecule has 0 aliphatic carbocycles. The van der Waals surface area contributed by atoms with Crippen LogP contribution in [0.1, 0.15) is 28.7 Å². The van der Waals surface area contributed by atoms with E-state index >= 15 is 0 Å². The lowest BCUT2D eigenvalue weighted by molar-refractivity contribution is 0.102. The Morgan fingerprint density at radius 2 is 2.10 bits per heavy atom. The molecular weight excluding hydrogens is 254 g/mol. The van der Waals surface area contributed by atoms with Crippen molar-refractivity contribution in [3.05, 3.63) is 35.2 Å². The van der Waals surface area contributed by atoms with Crippen LogP contribution in [0.2, 0.25) is 0 Å². The highest BCUT2D eigenvalue weighted by Crippen LogP contribution is 2.14. The first-order valence-corrected chi connectivity index (χ1v) is 6.54. The Kier molecular flexibility index (Phi) is 4.02. The zero-order chi connectivity index (χ0) is 14.7. The largest absolute Gasteiger partial charge is 0.373 e. The lowest BCUT2D eigenvalue weighted by Gasteiger charge is -2.08. The van der Waals surface area contributed by atoms with Gasteiger partial charge in [0.05, 0.1) is 5.69 Å². The van der Waals surface area contributed by atoms with Crippen LogP contribution < -0.4 is 10.6 Å². The van der Waals surface area contributed by atoms with Crippen LogP contribution in [0.4, 0.5) is 11.6 Å². The molecule has 0 saturated carbocycles. The molecule has 2 aromatic rings. The van der Waals surface area contributed by atoms with Crippen molar-refractivity contribution in [2.24, 2.45) is 7.05 Å². The molecule has 0 saturated heterocycles. The molecule has 2 aromatic heterocycles. The Morgan fingerprint density at radius 1 is 1.35 bits per heavy atom. The molecule has 0 bridgehead atoms. The van der Waals surface area contributed by atoms with Crippen molar-refractivity contribution in [1.29, 1.82) is 0 Å². The summed E-state index contributed by atoms with van der Waals surface area (Å²) in [4.78, 5) is 16.7. The second-order valence-corrected chi connectivity index (χ2v) is 4.58. The van der Waals surface area contributed by atoms with Gasteiger partial charge in [-0.3, -0.25) is 9.48 Å². The molecule has 2 rings (SSSR count). The summed E-state index contributed by atoms with van der Waals surface area (Å²) >= 11 is 0.